The van der Waals surface area contributed by atoms with Gasteiger partial charge in [0.2, 0.25) is 0 Å². The van der Waals surface area contributed by atoms with Crippen LogP contribution < -0.4 is 5.73 Å². The molecule has 0 aliphatic carbocycles. The summed E-state index contributed by atoms with van der Waals surface area (Å²) in [7, 11) is 0. The van der Waals surface area contributed by atoms with E-state index in [0.717, 1.165) is 17.5 Å². The van der Waals surface area contributed by atoms with Crippen molar-refractivity contribution in [2.75, 3.05) is 0 Å². The summed E-state index contributed by atoms with van der Waals surface area (Å²) < 4.78 is 13.5. The van der Waals surface area contributed by atoms with Crippen molar-refractivity contribution in [2.24, 2.45) is 5.73 Å². The summed E-state index contributed by atoms with van der Waals surface area (Å²) in [6.07, 6.45) is 1.36. The molecule has 0 amide bonds. The van der Waals surface area contributed by atoms with Gasteiger partial charge in [0, 0.05) is 5.54 Å². The Morgan fingerprint density at radius 3 is 2.42 bits per heavy atom. The zero-order valence-electron chi connectivity index (χ0n) is 10.9. The first-order chi connectivity index (χ1) is 9.05. The molecule has 2 aromatic rings. The molecule has 0 radical (unpaired) electrons. The van der Waals surface area contributed by atoms with Gasteiger partial charge < -0.3 is 5.73 Å². The quantitative estimate of drug-likeness (QED) is 0.887. The Hall–Kier alpha value is -1.38. The lowest BCUT2D eigenvalue weighted by Crippen LogP contribution is -2.38. The van der Waals surface area contributed by atoms with Crippen molar-refractivity contribution >= 4 is 11.6 Å². The van der Waals surface area contributed by atoms with Crippen molar-refractivity contribution in [3.63, 3.8) is 0 Å². The predicted molar refractivity (Wildman–Crippen MR) is 77.7 cm³/mol. The second-order valence-corrected chi connectivity index (χ2v) is 5.21. The highest BCUT2D eigenvalue weighted by Crippen LogP contribution is 2.27. The van der Waals surface area contributed by atoms with Gasteiger partial charge in [0.1, 0.15) is 5.82 Å². The Morgan fingerprint density at radius 1 is 1.16 bits per heavy atom. The Bertz CT molecular complexity index is 556. The van der Waals surface area contributed by atoms with Gasteiger partial charge in [0.25, 0.3) is 0 Å². The first-order valence-corrected chi connectivity index (χ1v) is 6.71. The second kappa shape index (κ2) is 5.72. The van der Waals surface area contributed by atoms with E-state index in [0.29, 0.717) is 6.42 Å². The largest absolute Gasteiger partial charge is 0.321 e. The van der Waals surface area contributed by atoms with E-state index in [2.05, 4.69) is 0 Å². The van der Waals surface area contributed by atoms with Gasteiger partial charge in [-0.2, -0.15) is 0 Å². The Labute approximate surface area is 118 Å². The summed E-state index contributed by atoms with van der Waals surface area (Å²) in [5.41, 5.74) is 7.92. The van der Waals surface area contributed by atoms with Gasteiger partial charge in [-0.15, -0.1) is 0 Å². The van der Waals surface area contributed by atoms with E-state index in [9.17, 15) is 4.39 Å². The van der Waals surface area contributed by atoms with E-state index < -0.39 is 11.4 Å². The Balaban J connectivity index is 2.30. The molecule has 0 spiro atoms. The maximum Gasteiger partial charge on any atom is 0.142 e. The Morgan fingerprint density at radius 2 is 1.84 bits per heavy atom. The Kier molecular flexibility index (Phi) is 4.23. The molecule has 1 unspecified atom stereocenters. The number of hydrogen-bond acceptors (Lipinski definition) is 1. The van der Waals surface area contributed by atoms with Crippen LogP contribution in [-0.4, -0.2) is 0 Å². The fourth-order valence-corrected chi connectivity index (χ4v) is 2.33. The van der Waals surface area contributed by atoms with Gasteiger partial charge in [0.05, 0.1) is 5.02 Å². The smallest absolute Gasteiger partial charge is 0.142 e. The predicted octanol–water partition coefficient (Wildman–Crippen LogP) is 4.29. The lowest BCUT2D eigenvalue weighted by atomic mass is 9.82. The first-order valence-electron chi connectivity index (χ1n) is 6.33. The van der Waals surface area contributed by atoms with Gasteiger partial charge in [0.15, 0.2) is 0 Å². The third kappa shape index (κ3) is 3.14. The van der Waals surface area contributed by atoms with Crippen LogP contribution in [0.2, 0.25) is 5.02 Å². The normalized spacial score (nSPS) is 14.1. The van der Waals surface area contributed by atoms with E-state index in [-0.39, 0.29) is 5.02 Å². The van der Waals surface area contributed by atoms with E-state index in [1.807, 2.05) is 43.3 Å². The summed E-state index contributed by atoms with van der Waals surface area (Å²) in [6.45, 7) is 2.04. The molecule has 0 saturated heterocycles. The number of hydrogen-bond donors (Lipinski definition) is 1. The number of nitrogens with two attached hydrogens (primary N) is 1. The van der Waals surface area contributed by atoms with Crippen molar-refractivity contribution in [1.82, 2.24) is 0 Å². The maximum atomic E-state index is 13.5. The fourth-order valence-electron chi connectivity index (χ4n) is 2.22. The lowest BCUT2D eigenvalue weighted by molar-refractivity contribution is 0.424. The number of rotatable bonds is 4. The summed E-state index contributed by atoms with van der Waals surface area (Å²) in [4.78, 5) is 0. The van der Waals surface area contributed by atoms with Crippen LogP contribution in [0.5, 0.6) is 0 Å². The molecule has 100 valence electrons. The molecular weight excluding hydrogens is 261 g/mol. The molecule has 0 aliphatic heterocycles. The van der Waals surface area contributed by atoms with Crippen molar-refractivity contribution in [3.05, 3.63) is 70.5 Å². The molecule has 0 aromatic heterocycles. The lowest BCUT2D eigenvalue weighted by Gasteiger charge is -2.29. The second-order valence-electron chi connectivity index (χ2n) is 4.80. The van der Waals surface area contributed by atoms with Crippen molar-refractivity contribution in [3.8, 4) is 0 Å². The molecule has 1 nitrogen and oxygen atoms in total. The topological polar surface area (TPSA) is 26.0 Å². The van der Waals surface area contributed by atoms with Gasteiger partial charge in [-0.25, -0.2) is 4.39 Å². The molecule has 2 aromatic carbocycles. The van der Waals surface area contributed by atoms with Gasteiger partial charge in [-0.1, -0.05) is 54.9 Å². The average Bonchev–Trinajstić information content (AvgIpc) is 2.44. The molecule has 0 saturated carbocycles. The third-order valence-electron chi connectivity index (χ3n) is 3.48. The first kappa shape index (κ1) is 14.0. The molecule has 0 bridgehead atoms. The summed E-state index contributed by atoms with van der Waals surface area (Å²) in [5.74, 6) is -0.398. The van der Waals surface area contributed by atoms with Crippen LogP contribution in [0.25, 0.3) is 0 Å². The van der Waals surface area contributed by atoms with E-state index in [1.54, 1.807) is 6.07 Å². The molecular formula is C16H17ClFN. The molecule has 0 aliphatic rings. The molecule has 2 N–H and O–H groups in total. The molecule has 0 heterocycles. The molecule has 19 heavy (non-hydrogen) atoms. The van der Waals surface area contributed by atoms with Crippen molar-refractivity contribution in [1.29, 1.82) is 0 Å². The third-order valence-corrected chi connectivity index (χ3v) is 3.79. The van der Waals surface area contributed by atoms with Gasteiger partial charge in [-0.3, -0.25) is 0 Å². The van der Waals surface area contributed by atoms with Crippen molar-refractivity contribution in [2.45, 2.75) is 25.3 Å². The highest BCUT2D eigenvalue weighted by atomic mass is 35.5. The maximum absolute atomic E-state index is 13.5. The number of benzene rings is 2. The minimum Gasteiger partial charge on any atom is -0.321 e. The minimum atomic E-state index is -0.485. The fraction of sp³-hybridized carbons (Fsp3) is 0.250. The minimum absolute atomic E-state index is 0.141. The molecule has 2 rings (SSSR count). The van der Waals surface area contributed by atoms with Gasteiger partial charge in [-0.05, 0) is 36.1 Å². The monoisotopic (exact) mass is 277 g/mol. The highest BCUT2D eigenvalue weighted by Gasteiger charge is 2.25. The average molecular weight is 278 g/mol. The summed E-state index contributed by atoms with van der Waals surface area (Å²) in [6, 6.07) is 14.8. The van der Waals surface area contributed by atoms with Crippen LogP contribution in [0.15, 0.2) is 48.5 Å². The van der Waals surface area contributed by atoms with E-state index in [1.165, 1.54) is 6.07 Å². The van der Waals surface area contributed by atoms with Crippen LogP contribution in [0.3, 0.4) is 0 Å². The van der Waals surface area contributed by atoms with Crippen LogP contribution in [0.1, 0.15) is 24.5 Å². The highest BCUT2D eigenvalue weighted by molar-refractivity contribution is 6.30. The summed E-state index contributed by atoms with van der Waals surface area (Å²) in [5, 5.41) is 0.141. The summed E-state index contributed by atoms with van der Waals surface area (Å²) >= 11 is 5.70. The molecule has 0 fully saturated rings. The van der Waals surface area contributed by atoms with Crippen LogP contribution in [0.4, 0.5) is 4.39 Å². The standard InChI is InChI=1S/C16H17ClFN/c1-2-16(19,13-6-4-3-5-7-13)11-12-8-9-14(17)15(18)10-12/h3-10H,2,11,19H2,1H3. The molecule has 1 atom stereocenters. The van der Waals surface area contributed by atoms with Gasteiger partial charge >= 0.3 is 0 Å². The van der Waals surface area contributed by atoms with Crippen LogP contribution in [0, 0.1) is 5.82 Å². The SMILES string of the molecule is CCC(N)(Cc1ccc(Cl)c(F)c1)c1ccccc1. The van der Waals surface area contributed by atoms with E-state index >= 15 is 0 Å². The molecule has 3 heteroatoms. The zero-order chi connectivity index (χ0) is 13.9. The van der Waals surface area contributed by atoms with Crippen LogP contribution in [-0.2, 0) is 12.0 Å². The number of halogens is 2. The zero-order valence-corrected chi connectivity index (χ0v) is 11.6. The van der Waals surface area contributed by atoms with E-state index in [4.69, 9.17) is 17.3 Å². The van der Waals surface area contributed by atoms with Crippen molar-refractivity contribution < 1.29 is 4.39 Å². The van der Waals surface area contributed by atoms with Crippen LogP contribution >= 0.6 is 11.6 Å².